The van der Waals surface area contributed by atoms with Crippen LogP contribution in [0.3, 0.4) is 0 Å². The highest BCUT2D eigenvalue weighted by atomic mass is 13.7. The fourth-order valence-electron chi connectivity index (χ4n) is 0.289. The lowest BCUT2D eigenvalue weighted by Gasteiger charge is -1.77. The zero-order chi connectivity index (χ0) is 10.4. The van der Waals surface area contributed by atoms with E-state index in [9.17, 15) is 0 Å². The summed E-state index contributed by atoms with van der Waals surface area (Å²) in [5.74, 6) is 0. The Bertz CT molecular complexity index is 92.6. The normalized spacial score (nSPS) is 7.58. The molecular formula is C12H26. The zero-order valence-electron chi connectivity index (χ0n) is 9.94. The van der Waals surface area contributed by atoms with Crippen molar-refractivity contribution in [1.29, 1.82) is 0 Å². The first-order valence-electron chi connectivity index (χ1n) is 4.95. The van der Waals surface area contributed by atoms with Crippen LogP contribution in [0.15, 0.2) is 23.8 Å². The Morgan fingerprint density at radius 1 is 1.08 bits per heavy atom. The summed E-state index contributed by atoms with van der Waals surface area (Å²) in [5, 5.41) is 0. The van der Waals surface area contributed by atoms with Crippen molar-refractivity contribution in [2.24, 2.45) is 0 Å². The van der Waals surface area contributed by atoms with Gasteiger partial charge in [0, 0.05) is 0 Å². The van der Waals surface area contributed by atoms with Gasteiger partial charge in [-0.25, -0.2) is 0 Å². The second-order valence-electron chi connectivity index (χ2n) is 2.48. The van der Waals surface area contributed by atoms with Crippen molar-refractivity contribution in [2.75, 3.05) is 0 Å². The molecule has 0 amide bonds. The molecule has 0 saturated heterocycles. The topological polar surface area (TPSA) is 0 Å². The summed E-state index contributed by atoms with van der Waals surface area (Å²) < 4.78 is 0. The van der Waals surface area contributed by atoms with Crippen LogP contribution < -0.4 is 0 Å². The molecule has 0 saturated carbocycles. The molecule has 0 atom stereocenters. The summed E-state index contributed by atoms with van der Waals surface area (Å²) in [6, 6.07) is 0. The van der Waals surface area contributed by atoms with E-state index in [0.29, 0.717) is 0 Å². The molecule has 0 fully saturated rings. The predicted molar refractivity (Wildman–Crippen MR) is 61.6 cm³/mol. The first-order valence-corrected chi connectivity index (χ1v) is 4.95. The monoisotopic (exact) mass is 170 g/mol. The van der Waals surface area contributed by atoms with Gasteiger partial charge >= 0.3 is 0 Å². The van der Waals surface area contributed by atoms with Crippen LogP contribution in [0, 0.1) is 0 Å². The van der Waals surface area contributed by atoms with E-state index >= 15 is 0 Å². The maximum absolute atomic E-state index is 2.12. The minimum atomic E-state index is 1.25. The van der Waals surface area contributed by atoms with E-state index in [0.717, 1.165) is 0 Å². The van der Waals surface area contributed by atoms with Crippen LogP contribution in [0.2, 0.25) is 0 Å². The van der Waals surface area contributed by atoms with Crippen molar-refractivity contribution in [3.8, 4) is 0 Å². The van der Waals surface area contributed by atoms with Gasteiger partial charge in [0.1, 0.15) is 0 Å². The van der Waals surface area contributed by atoms with E-state index in [-0.39, 0.29) is 0 Å². The summed E-state index contributed by atoms with van der Waals surface area (Å²) in [6.07, 6.45) is 7.39. The molecule has 0 heterocycles. The molecule has 0 aromatic heterocycles. The molecule has 0 heteroatoms. The highest BCUT2D eigenvalue weighted by molar-refractivity contribution is 5.06. The molecule has 0 rings (SSSR count). The lowest BCUT2D eigenvalue weighted by atomic mass is 10.3. The van der Waals surface area contributed by atoms with E-state index in [1.807, 2.05) is 32.9 Å². The summed E-state index contributed by atoms with van der Waals surface area (Å²) in [7, 11) is 0. The third-order valence-corrected chi connectivity index (χ3v) is 0.622. The SMILES string of the molecule is C/C=C\C=C(C)C.CC.CCC. The summed E-state index contributed by atoms with van der Waals surface area (Å²) >= 11 is 0. The van der Waals surface area contributed by atoms with Gasteiger partial charge in [0.25, 0.3) is 0 Å². The van der Waals surface area contributed by atoms with E-state index in [2.05, 4.69) is 33.8 Å². The van der Waals surface area contributed by atoms with Crippen LogP contribution in [0.1, 0.15) is 54.9 Å². The first-order chi connectivity index (χ1) is 5.68. The molecule has 74 valence electrons. The van der Waals surface area contributed by atoms with Crippen LogP contribution in [0.5, 0.6) is 0 Å². The smallest absolute Gasteiger partial charge is 0.0439 e. The van der Waals surface area contributed by atoms with Crippen LogP contribution in [0.4, 0.5) is 0 Å². The van der Waals surface area contributed by atoms with Crippen LogP contribution >= 0.6 is 0 Å². The zero-order valence-corrected chi connectivity index (χ0v) is 9.94. The van der Waals surface area contributed by atoms with Crippen LogP contribution in [-0.2, 0) is 0 Å². The van der Waals surface area contributed by atoms with E-state index in [1.165, 1.54) is 12.0 Å². The van der Waals surface area contributed by atoms with Gasteiger partial charge in [-0.1, -0.05) is 57.9 Å². The number of hydrogen-bond donors (Lipinski definition) is 0. The third kappa shape index (κ3) is 56.3. The van der Waals surface area contributed by atoms with Gasteiger partial charge in [-0.3, -0.25) is 0 Å². The van der Waals surface area contributed by atoms with Crippen LogP contribution in [-0.4, -0.2) is 0 Å². The Labute approximate surface area is 79.4 Å². The number of hydrogen-bond acceptors (Lipinski definition) is 0. The lowest BCUT2D eigenvalue weighted by Crippen LogP contribution is -1.56. The molecule has 0 aromatic carbocycles. The van der Waals surface area contributed by atoms with Crippen molar-refractivity contribution < 1.29 is 0 Å². The summed E-state index contributed by atoms with van der Waals surface area (Å²) in [4.78, 5) is 0. The quantitative estimate of drug-likeness (QED) is 0.487. The van der Waals surface area contributed by atoms with Crippen LogP contribution in [0.25, 0.3) is 0 Å². The van der Waals surface area contributed by atoms with Gasteiger partial charge in [0.15, 0.2) is 0 Å². The summed E-state index contributed by atoms with van der Waals surface area (Å²) in [6.45, 7) is 14.4. The van der Waals surface area contributed by atoms with E-state index in [1.54, 1.807) is 0 Å². The minimum absolute atomic E-state index is 1.25. The Hall–Kier alpha value is -0.520. The van der Waals surface area contributed by atoms with E-state index < -0.39 is 0 Å². The summed E-state index contributed by atoms with van der Waals surface area (Å²) in [5.41, 5.74) is 1.35. The Morgan fingerprint density at radius 3 is 1.50 bits per heavy atom. The Kier molecular flexibility index (Phi) is 32.8. The minimum Gasteiger partial charge on any atom is -0.0877 e. The van der Waals surface area contributed by atoms with Crippen molar-refractivity contribution in [1.82, 2.24) is 0 Å². The molecular weight excluding hydrogens is 144 g/mol. The first kappa shape index (κ1) is 17.5. The predicted octanol–water partition coefficient (Wildman–Crippen LogP) is 4.97. The maximum atomic E-state index is 2.12. The molecule has 0 N–H and O–H groups in total. The maximum Gasteiger partial charge on any atom is -0.0439 e. The second-order valence-corrected chi connectivity index (χ2v) is 2.48. The van der Waals surface area contributed by atoms with Crippen molar-refractivity contribution >= 4 is 0 Å². The van der Waals surface area contributed by atoms with Crippen molar-refractivity contribution in [3.63, 3.8) is 0 Å². The highest BCUT2D eigenvalue weighted by Gasteiger charge is 1.65. The molecule has 0 aliphatic heterocycles. The fraction of sp³-hybridized carbons (Fsp3) is 0.667. The highest BCUT2D eigenvalue weighted by Crippen LogP contribution is 1.87. The molecule has 0 unspecified atom stereocenters. The average Bonchev–Trinajstić information content (AvgIpc) is 2.06. The molecule has 0 spiro atoms. The lowest BCUT2D eigenvalue weighted by molar-refractivity contribution is 1.09. The van der Waals surface area contributed by atoms with E-state index in [4.69, 9.17) is 0 Å². The number of rotatable bonds is 1. The second kappa shape index (κ2) is 22.4. The molecule has 12 heavy (non-hydrogen) atoms. The van der Waals surface area contributed by atoms with Gasteiger partial charge in [-0.15, -0.1) is 0 Å². The Balaban J connectivity index is -0.000000137. The van der Waals surface area contributed by atoms with Crippen molar-refractivity contribution in [3.05, 3.63) is 23.8 Å². The molecule has 0 aliphatic carbocycles. The number of allylic oxidation sites excluding steroid dienone is 4. The molecule has 0 radical (unpaired) electrons. The van der Waals surface area contributed by atoms with Crippen molar-refractivity contribution in [2.45, 2.75) is 54.9 Å². The molecule has 0 aromatic rings. The molecule has 0 aliphatic rings. The molecule has 0 nitrogen and oxygen atoms in total. The van der Waals surface area contributed by atoms with Gasteiger partial charge < -0.3 is 0 Å². The average molecular weight is 170 g/mol. The fourth-order valence-corrected chi connectivity index (χ4v) is 0.289. The standard InChI is InChI=1S/C7H12.C3H8.C2H6/c1-4-5-6-7(2)3;1-3-2;1-2/h4-6H,1-3H3;3H2,1-2H3;1-2H3/b5-4-;;. The Morgan fingerprint density at radius 2 is 1.42 bits per heavy atom. The van der Waals surface area contributed by atoms with Gasteiger partial charge in [0.2, 0.25) is 0 Å². The third-order valence-electron chi connectivity index (χ3n) is 0.622. The largest absolute Gasteiger partial charge is 0.0877 e. The van der Waals surface area contributed by atoms with Gasteiger partial charge in [-0.2, -0.15) is 0 Å². The molecule has 0 bridgehead atoms. The van der Waals surface area contributed by atoms with Gasteiger partial charge in [0.05, 0.1) is 0 Å². The van der Waals surface area contributed by atoms with Gasteiger partial charge in [-0.05, 0) is 20.8 Å².